The minimum atomic E-state index is -0.354. The van der Waals surface area contributed by atoms with Crippen molar-refractivity contribution in [2.24, 2.45) is 5.92 Å². The van der Waals surface area contributed by atoms with Crippen LogP contribution in [-0.2, 0) is 4.74 Å². The van der Waals surface area contributed by atoms with Gasteiger partial charge in [-0.3, -0.25) is 10.1 Å². The van der Waals surface area contributed by atoms with E-state index in [2.05, 4.69) is 10.6 Å². The molecule has 1 aliphatic rings. The molecule has 1 atom stereocenters. The number of nitro groups is 1. The Bertz CT molecular complexity index is 445. The molecule has 6 nitrogen and oxygen atoms in total. The third-order valence-electron chi connectivity index (χ3n) is 3.38. The quantitative estimate of drug-likeness (QED) is 0.610. The maximum Gasteiger partial charge on any atom is 0.315 e. The fourth-order valence-electron chi connectivity index (χ4n) is 2.31. The normalized spacial score (nSPS) is 18.3. The topological polar surface area (TPSA) is 76.4 Å². The summed E-state index contributed by atoms with van der Waals surface area (Å²) in [6.07, 6.45) is 2.06. The number of rotatable bonds is 6. The number of nitrogens with one attached hydrogen (secondary N) is 2. The van der Waals surface area contributed by atoms with Crippen LogP contribution in [0.4, 0.5) is 17.1 Å². The second-order valence-electron chi connectivity index (χ2n) is 4.65. The van der Waals surface area contributed by atoms with Gasteiger partial charge in [-0.15, -0.1) is 0 Å². The third-order valence-corrected chi connectivity index (χ3v) is 3.38. The first-order chi connectivity index (χ1) is 9.22. The fourth-order valence-corrected chi connectivity index (χ4v) is 2.31. The first-order valence-electron chi connectivity index (χ1n) is 6.49. The molecule has 0 amide bonds. The van der Waals surface area contributed by atoms with Crippen molar-refractivity contribution in [1.29, 1.82) is 0 Å². The highest BCUT2D eigenvalue weighted by atomic mass is 16.6. The molecule has 19 heavy (non-hydrogen) atoms. The number of hydrogen-bond acceptors (Lipinski definition) is 5. The zero-order chi connectivity index (χ0) is 13.7. The maximum atomic E-state index is 11.1. The minimum Gasteiger partial charge on any atom is -0.382 e. The molecule has 6 heteroatoms. The zero-order valence-electron chi connectivity index (χ0n) is 11.0. The summed E-state index contributed by atoms with van der Waals surface area (Å²) in [7, 11) is 1.68. The van der Waals surface area contributed by atoms with Crippen LogP contribution in [0.2, 0.25) is 0 Å². The molecule has 1 saturated heterocycles. The molecule has 0 aromatic heterocycles. The molecule has 0 saturated carbocycles. The Hall–Kier alpha value is -1.82. The first-order valence-corrected chi connectivity index (χ1v) is 6.49. The van der Waals surface area contributed by atoms with Crippen molar-refractivity contribution in [2.45, 2.75) is 12.8 Å². The van der Waals surface area contributed by atoms with Crippen LogP contribution in [0.5, 0.6) is 0 Å². The highest BCUT2D eigenvalue weighted by molar-refractivity contribution is 5.75. The van der Waals surface area contributed by atoms with Crippen LogP contribution in [0.3, 0.4) is 0 Å². The summed E-state index contributed by atoms with van der Waals surface area (Å²) in [6.45, 7) is 2.36. The Morgan fingerprint density at radius 3 is 2.89 bits per heavy atom. The van der Waals surface area contributed by atoms with Gasteiger partial charge in [-0.2, -0.15) is 0 Å². The summed E-state index contributed by atoms with van der Waals surface area (Å²) < 4.78 is 5.31. The third kappa shape index (κ3) is 3.35. The molecule has 0 aliphatic carbocycles. The molecule has 1 heterocycles. The van der Waals surface area contributed by atoms with E-state index in [1.54, 1.807) is 25.2 Å². The average molecular weight is 265 g/mol. The Labute approximate surface area is 112 Å². The monoisotopic (exact) mass is 265 g/mol. The average Bonchev–Trinajstić information content (AvgIpc) is 2.91. The number of hydrogen-bond donors (Lipinski definition) is 2. The second kappa shape index (κ2) is 6.38. The largest absolute Gasteiger partial charge is 0.382 e. The van der Waals surface area contributed by atoms with E-state index >= 15 is 0 Å². The van der Waals surface area contributed by atoms with Crippen LogP contribution in [-0.4, -0.2) is 31.7 Å². The Morgan fingerprint density at radius 1 is 1.47 bits per heavy atom. The first kappa shape index (κ1) is 13.6. The highest BCUT2D eigenvalue weighted by Gasteiger charge is 2.19. The standard InChI is InChI=1S/C13H19N3O3/c1-14-11-3-2-4-12(13(11)16(17)18)15-7-5-10-6-8-19-9-10/h2-4,10,14-15H,5-9H2,1H3. The SMILES string of the molecule is CNc1cccc(NCCC2CCOC2)c1[N+](=O)[O-]. The van der Waals surface area contributed by atoms with Crippen LogP contribution in [0, 0.1) is 16.0 Å². The lowest BCUT2D eigenvalue weighted by Gasteiger charge is -2.11. The maximum absolute atomic E-state index is 11.1. The molecule has 1 aliphatic heterocycles. The Kier molecular flexibility index (Phi) is 4.57. The lowest BCUT2D eigenvalue weighted by atomic mass is 10.1. The van der Waals surface area contributed by atoms with Gasteiger partial charge < -0.3 is 15.4 Å². The summed E-state index contributed by atoms with van der Waals surface area (Å²) in [4.78, 5) is 10.8. The summed E-state index contributed by atoms with van der Waals surface area (Å²) in [6, 6.07) is 5.25. The van der Waals surface area contributed by atoms with E-state index in [0.717, 1.165) is 32.6 Å². The van der Waals surface area contributed by atoms with Gasteiger partial charge in [-0.25, -0.2) is 0 Å². The van der Waals surface area contributed by atoms with Gasteiger partial charge in [-0.1, -0.05) is 6.07 Å². The Morgan fingerprint density at radius 2 is 2.26 bits per heavy atom. The molecule has 0 spiro atoms. The smallest absolute Gasteiger partial charge is 0.315 e. The lowest BCUT2D eigenvalue weighted by molar-refractivity contribution is -0.383. The number of benzene rings is 1. The highest BCUT2D eigenvalue weighted by Crippen LogP contribution is 2.32. The molecule has 0 bridgehead atoms. The van der Waals surface area contributed by atoms with Crippen molar-refractivity contribution < 1.29 is 9.66 Å². The minimum absolute atomic E-state index is 0.104. The predicted molar refractivity (Wildman–Crippen MR) is 74.7 cm³/mol. The summed E-state index contributed by atoms with van der Waals surface area (Å²) in [5.74, 6) is 0.569. The number of para-hydroxylation sites is 1. The van der Waals surface area contributed by atoms with Crippen LogP contribution < -0.4 is 10.6 Å². The zero-order valence-corrected chi connectivity index (χ0v) is 11.0. The van der Waals surface area contributed by atoms with Crippen molar-refractivity contribution in [1.82, 2.24) is 0 Å². The van der Waals surface area contributed by atoms with E-state index in [1.165, 1.54) is 0 Å². The number of nitro benzene ring substituents is 1. The van der Waals surface area contributed by atoms with Gasteiger partial charge in [0.25, 0.3) is 0 Å². The van der Waals surface area contributed by atoms with Gasteiger partial charge in [0, 0.05) is 26.8 Å². The van der Waals surface area contributed by atoms with E-state index in [1.807, 2.05) is 0 Å². The molecule has 2 rings (SSSR count). The number of nitrogens with zero attached hydrogens (tertiary/aromatic N) is 1. The van der Waals surface area contributed by atoms with E-state index in [4.69, 9.17) is 4.74 Å². The van der Waals surface area contributed by atoms with E-state index in [-0.39, 0.29) is 10.6 Å². The van der Waals surface area contributed by atoms with Crippen molar-refractivity contribution in [3.05, 3.63) is 28.3 Å². The second-order valence-corrected chi connectivity index (χ2v) is 4.65. The van der Waals surface area contributed by atoms with Crippen LogP contribution in [0.25, 0.3) is 0 Å². The molecular formula is C13H19N3O3. The molecule has 1 aromatic rings. The molecule has 0 radical (unpaired) electrons. The summed E-state index contributed by atoms with van der Waals surface area (Å²) in [5, 5.41) is 17.1. The van der Waals surface area contributed by atoms with Crippen LogP contribution in [0.1, 0.15) is 12.8 Å². The fraction of sp³-hybridized carbons (Fsp3) is 0.538. The molecule has 2 N–H and O–H groups in total. The van der Waals surface area contributed by atoms with Crippen LogP contribution in [0.15, 0.2) is 18.2 Å². The lowest BCUT2D eigenvalue weighted by Crippen LogP contribution is -2.10. The molecule has 1 unspecified atom stereocenters. The Balaban J connectivity index is 2.00. The van der Waals surface area contributed by atoms with Gasteiger partial charge in [0.1, 0.15) is 11.4 Å². The molecule has 104 valence electrons. The van der Waals surface area contributed by atoms with Gasteiger partial charge in [0.05, 0.1) is 4.92 Å². The number of anilines is 2. The van der Waals surface area contributed by atoms with Crippen molar-refractivity contribution in [3.63, 3.8) is 0 Å². The van der Waals surface area contributed by atoms with Gasteiger partial charge in [-0.05, 0) is 30.9 Å². The van der Waals surface area contributed by atoms with Gasteiger partial charge in [0.15, 0.2) is 0 Å². The van der Waals surface area contributed by atoms with Gasteiger partial charge >= 0.3 is 5.69 Å². The van der Waals surface area contributed by atoms with Crippen LogP contribution >= 0.6 is 0 Å². The van der Waals surface area contributed by atoms with Crippen molar-refractivity contribution in [2.75, 3.05) is 37.4 Å². The molecule has 1 aromatic carbocycles. The summed E-state index contributed by atoms with van der Waals surface area (Å²) in [5.41, 5.74) is 1.20. The van der Waals surface area contributed by atoms with Gasteiger partial charge in [0.2, 0.25) is 0 Å². The van der Waals surface area contributed by atoms with E-state index < -0.39 is 0 Å². The van der Waals surface area contributed by atoms with Crippen molar-refractivity contribution >= 4 is 17.1 Å². The predicted octanol–water partition coefficient (Wildman–Crippen LogP) is 2.48. The molecule has 1 fully saturated rings. The number of ether oxygens (including phenoxy) is 1. The van der Waals surface area contributed by atoms with Crippen molar-refractivity contribution in [3.8, 4) is 0 Å². The summed E-state index contributed by atoms with van der Waals surface area (Å²) >= 11 is 0. The van der Waals surface area contributed by atoms with E-state index in [0.29, 0.717) is 17.3 Å². The molecular weight excluding hydrogens is 246 g/mol. The van der Waals surface area contributed by atoms with E-state index in [9.17, 15) is 10.1 Å².